The molecule has 2 heterocycles. The number of rotatable bonds is 1. The molecule has 0 atom stereocenters. The number of nitrogens with two attached hydrogens (primary N) is 1. The first kappa shape index (κ1) is 8.25. The largest absolute Gasteiger partial charge is 0.397 e. The Kier molecular flexibility index (Phi) is 2.02. The number of aromatic nitrogens is 3. The van der Waals surface area contributed by atoms with Crippen molar-refractivity contribution in [1.29, 1.82) is 0 Å². The summed E-state index contributed by atoms with van der Waals surface area (Å²) in [7, 11) is 0. The lowest BCUT2D eigenvalue weighted by Crippen LogP contribution is -2.00. The molecule has 5 heteroatoms. The van der Waals surface area contributed by atoms with Crippen molar-refractivity contribution in [2.45, 2.75) is 0 Å². The van der Waals surface area contributed by atoms with E-state index in [9.17, 15) is 0 Å². The molecule has 0 amide bonds. The Bertz CT molecular complexity index is 424. The van der Waals surface area contributed by atoms with Gasteiger partial charge in [0.05, 0.1) is 22.6 Å². The number of pyridine rings is 1. The van der Waals surface area contributed by atoms with E-state index in [2.05, 4.69) is 26.0 Å². The molecule has 0 unspecified atom stereocenters. The summed E-state index contributed by atoms with van der Waals surface area (Å²) in [5.41, 5.74) is 7.19. The number of nitrogen functional groups attached to an aromatic ring is 1. The van der Waals surface area contributed by atoms with Crippen molar-refractivity contribution in [3.05, 3.63) is 35.3 Å². The van der Waals surface area contributed by atoms with Crippen molar-refractivity contribution in [2.24, 2.45) is 0 Å². The first-order valence-electron chi connectivity index (χ1n) is 3.67. The third-order valence-corrected chi connectivity index (χ3v) is 2.04. The highest BCUT2D eigenvalue weighted by Crippen LogP contribution is 2.16. The summed E-state index contributed by atoms with van der Waals surface area (Å²) in [4.78, 5) is 3.98. The first-order valence-corrected chi connectivity index (χ1v) is 4.47. The zero-order chi connectivity index (χ0) is 9.26. The van der Waals surface area contributed by atoms with Crippen LogP contribution >= 0.6 is 15.9 Å². The van der Waals surface area contributed by atoms with Gasteiger partial charge in [-0.15, -0.1) is 0 Å². The smallest absolute Gasteiger partial charge is 0.106 e. The SMILES string of the molecule is Nc1ccncc1-n1cc(Br)cn1. The van der Waals surface area contributed by atoms with Crippen molar-refractivity contribution in [2.75, 3.05) is 5.73 Å². The molecule has 13 heavy (non-hydrogen) atoms. The molecule has 2 N–H and O–H groups in total. The molecule has 2 aromatic rings. The fourth-order valence-electron chi connectivity index (χ4n) is 1.02. The summed E-state index contributed by atoms with van der Waals surface area (Å²) in [5, 5.41) is 4.10. The molecular weight excluding hydrogens is 232 g/mol. The van der Waals surface area contributed by atoms with Gasteiger partial charge in [-0.3, -0.25) is 4.98 Å². The second kappa shape index (κ2) is 3.18. The first-order chi connectivity index (χ1) is 6.27. The van der Waals surface area contributed by atoms with Crippen molar-refractivity contribution in [1.82, 2.24) is 14.8 Å². The molecule has 0 saturated carbocycles. The van der Waals surface area contributed by atoms with Gasteiger partial charge < -0.3 is 5.73 Å². The van der Waals surface area contributed by atoms with Gasteiger partial charge in [-0.2, -0.15) is 5.10 Å². The van der Waals surface area contributed by atoms with Gasteiger partial charge in [-0.05, 0) is 22.0 Å². The Hall–Kier alpha value is -1.36. The minimum absolute atomic E-state index is 0.658. The highest BCUT2D eigenvalue weighted by molar-refractivity contribution is 9.10. The fourth-order valence-corrected chi connectivity index (χ4v) is 1.31. The summed E-state index contributed by atoms with van der Waals surface area (Å²) < 4.78 is 2.59. The van der Waals surface area contributed by atoms with Gasteiger partial charge in [0, 0.05) is 12.4 Å². The van der Waals surface area contributed by atoms with Crippen molar-refractivity contribution in [3.8, 4) is 5.69 Å². The summed E-state index contributed by atoms with van der Waals surface area (Å²) in [6.45, 7) is 0. The van der Waals surface area contributed by atoms with Crippen LogP contribution in [0.25, 0.3) is 5.69 Å². The summed E-state index contributed by atoms with van der Waals surface area (Å²) in [6, 6.07) is 1.74. The second-order valence-electron chi connectivity index (χ2n) is 2.54. The normalized spacial score (nSPS) is 10.2. The summed E-state index contributed by atoms with van der Waals surface area (Å²) in [5.74, 6) is 0. The molecule has 0 bridgehead atoms. The van der Waals surface area contributed by atoms with Crippen LogP contribution in [0.3, 0.4) is 0 Å². The molecular formula is C8H7BrN4. The lowest BCUT2D eigenvalue weighted by atomic mass is 10.3. The number of hydrogen-bond donors (Lipinski definition) is 1. The highest BCUT2D eigenvalue weighted by Gasteiger charge is 2.01. The van der Waals surface area contributed by atoms with Gasteiger partial charge in [0.25, 0.3) is 0 Å². The minimum atomic E-state index is 0.658. The Balaban J connectivity index is 2.52. The van der Waals surface area contributed by atoms with Crippen LogP contribution < -0.4 is 5.73 Å². The minimum Gasteiger partial charge on any atom is -0.397 e. The molecule has 0 fully saturated rings. The summed E-state index contributed by atoms with van der Waals surface area (Å²) in [6.07, 6.45) is 6.85. The molecule has 0 aliphatic carbocycles. The average molecular weight is 239 g/mol. The number of anilines is 1. The van der Waals surface area contributed by atoms with Gasteiger partial charge in [0.2, 0.25) is 0 Å². The molecule has 0 aromatic carbocycles. The maximum Gasteiger partial charge on any atom is 0.106 e. The van der Waals surface area contributed by atoms with Crippen LogP contribution in [0, 0.1) is 0 Å². The van der Waals surface area contributed by atoms with Crippen molar-refractivity contribution in [3.63, 3.8) is 0 Å². The van der Waals surface area contributed by atoms with Crippen molar-refractivity contribution >= 4 is 21.6 Å². The van der Waals surface area contributed by atoms with E-state index in [1.807, 2.05) is 6.20 Å². The molecule has 0 saturated heterocycles. The molecule has 0 aliphatic heterocycles. The van der Waals surface area contributed by atoms with Gasteiger partial charge in [0.1, 0.15) is 5.69 Å². The number of halogens is 1. The average Bonchev–Trinajstić information content (AvgIpc) is 2.53. The quantitative estimate of drug-likeness (QED) is 0.822. The third kappa shape index (κ3) is 1.55. The van der Waals surface area contributed by atoms with Crippen LogP contribution in [0.1, 0.15) is 0 Å². The van der Waals surface area contributed by atoms with Crippen LogP contribution in [0.2, 0.25) is 0 Å². The van der Waals surface area contributed by atoms with Gasteiger partial charge in [-0.25, -0.2) is 4.68 Å². The van der Waals surface area contributed by atoms with Gasteiger partial charge >= 0.3 is 0 Å². The highest BCUT2D eigenvalue weighted by atomic mass is 79.9. The van der Waals surface area contributed by atoms with Gasteiger partial charge in [0.15, 0.2) is 0 Å². The van der Waals surface area contributed by atoms with Crippen LogP contribution in [0.15, 0.2) is 35.3 Å². The Morgan fingerprint density at radius 2 is 2.23 bits per heavy atom. The molecule has 0 aliphatic rings. The fraction of sp³-hybridized carbons (Fsp3) is 0. The van der Waals surface area contributed by atoms with E-state index >= 15 is 0 Å². The second-order valence-corrected chi connectivity index (χ2v) is 3.45. The molecule has 2 aromatic heterocycles. The van der Waals surface area contributed by atoms with E-state index in [0.29, 0.717) is 5.69 Å². The van der Waals surface area contributed by atoms with E-state index in [-0.39, 0.29) is 0 Å². The zero-order valence-corrected chi connectivity index (χ0v) is 8.27. The Labute approximate surface area is 83.5 Å². The topological polar surface area (TPSA) is 56.7 Å². The molecule has 4 nitrogen and oxygen atoms in total. The van der Waals surface area contributed by atoms with Crippen LogP contribution in [0.5, 0.6) is 0 Å². The zero-order valence-electron chi connectivity index (χ0n) is 6.68. The monoisotopic (exact) mass is 238 g/mol. The maximum absolute atomic E-state index is 5.75. The number of hydrogen-bond acceptors (Lipinski definition) is 3. The Morgan fingerprint density at radius 3 is 2.85 bits per heavy atom. The van der Waals surface area contributed by atoms with Crippen LogP contribution in [0.4, 0.5) is 5.69 Å². The Morgan fingerprint density at radius 1 is 1.38 bits per heavy atom. The van der Waals surface area contributed by atoms with E-state index in [4.69, 9.17) is 5.73 Å². The predicted octanol–water partition coefficient (Wildman–Crippen LogP) is 1.61. The van der Waals surface area contributed by atoms with E-state index < -0.39 is 0 Å². The molecule has 2 rings (SSSR count). The third-order valence-electron chi connectivity index (χ3n) is 1.63. The van der Waals surface area contributed by atoms with E-state index in [1.54, 1.807) is 29.3 Å². The van der Waals surface area contributed by atoms with Crippen LogP contribution in [-0.4, -0.2) is 14.8 Å². The standard InChI is InChI=1S/C8H7BrN4/c9-6-3-12-13(5-6)8-4-11-2-1-7(8)10/h1-5H,(H2,10,11). The maximum atomic E-state index is 5.75. The van der Waals surface area contributed by atoms with Crippen molar-refractivity contribution < 1.29 is 0 Å². The van der Waals surface area contributed by atoms with E-state index in [1.165, 1.54) is 0 Å². The lowest BCUT2D eigenvalue weighted by molar-refractivity contribution is 0.876. The van der Waals surface area contributed by atoms with Crippen LogP contribution in [-0.2, 0) is 0 Å². The summed E-state index contributed by atoms with van der Waals surface area (Å²) >= 11 is 3.31. The molecule has 66 valence electrons. The van der Waals surface area contributed by atoms with E-state index in [0.717, 1.165) is 10.2 Å². The molecule has 0 radical (unpaired) electrons. The molecule has 0 spiro atoms. The van der Waals surface area contributed by atoms with Gasteiger partial charge in [-0.1, -0.05) is 0 Å². The lowest BCUT2D eigenvalue weighted by Gasteiger charge is -2.02. The number of nitrogens with zero attached hydrogens (tertiary/aromatic N) is 3. The predicted molar refractivity (Wildman–Crippen MR) is 53.5 cm³/mol.